The first kappa shape index (κ1) is 30.5. The van der Waals surface area contributed by atoms with E-state index in [0.717, 1.165) is 12.1 Å². The number of benzene rings is 1. The normalized spacial score (nSPS) is 12.6. The molecule has 0 aliphatic carbocycles. The molecule has 3 rings (SSSR count). The number of aromatic nitrogens is 3. The highest BCUT2D eigenvalue weighted by Crippen LogP contribution is 2.32. The maximum absolute atomic E-state index is 15.0. The lowest BCUT2D eigenvalue weighted by molar-refractivity contribution is -0.139. The lowest BCUT2D eigenvalue weighted by Crippen LogP contribution is -2.44. The number of hydrogen-bond donors (Lipinski definition) is 2. The Morgan fingerprint density at radius 3 is 2.58 bits per heavy atom. The first-order valence-corrected chi connectivity index (χ1v) is 16.4. The highest BCUT2D eigenvalue weighted by Gasteiger charge is 2.25. The number of amides is 1. The number of rotatable bonds is 11. The summed E-state index contributed by atoms with van der Waals surface area (Å²) in [4.78, 5) is 32.1. The van der Waals surface area contributed by atoms with Crippen LogP contribution in [0.5, 0.6) is 11.6 Å². The minimum Gasteiger partial charge on any atom is -0.480 e. The molecule has 0 saturated carbocycles. The van der Waals surface area contributed by atoms with E-state index in [0.29, 0.717) is 23.2 Å². The van der Waals surface area contributed by atoms with Gasteiger partial charge in [-0.3, -0.25) is 0 Å². The van der Waals surface area contributed by atoms with Crippen molar-refractivity contribution in [1.29, 1.82) is 5.26 Å². The number of ether oxygens (including phenoxy) is 3. The first-order chi connectivity index (χ1) is 18.7. The lowest BCUT2D eigenvalue weighted by Gasteiger charge is -2.22. The summed E-state index contributed by atoms with van der Waals surface area (Å²) in [5, 5.41) is 21.8. The largest absolute Gasteiger partial charge is 0.480 e. The monoisotopic (exact) mass is 571 g/mol. The molecule has 0 bridgehead atoms. The molecule has 1 atom stereocenters. The number of aliphatic carboxylic acids is 1. The van der Waals surface area contributed by atoms with Gasteiger partial charge in [0, 0.05) is 27.3 Å². The molecular formula is C27H34FN5O6Si. The van der Waals surface area contributed by atoms with Gasteiger partial charge >= 0.3 is 12.1 Å². The van der Waals surface area contributed by atoms with Crippen molar-refractivity contribution in [2.75, 3.05) is 6.61 Å². The molecule has 0 aliphatic rings. The quantitative estimate of drug-likeness (QED) is 0.238. The lowest BCUT2D eigenvalue weighted by atomic mass is 10.1. The van der Waals surface area contributed by atoms with Crippen LogP contribution in [0.25, 0.3) is 11.0 Å². The number of carboxylic acids is 1. The minimum atomic E-state index is -1.34. The van der Waals surface area contributed by atoms with E-state index >= 15 is 4.39 Å². The number of nitrogens with zero attached hydrogens (tertiary/aromatic N) is 4. The zero-order valence-electron chi connectivity index (χ0n) is 23.4. The number of carboxylic acid groups (broad SMARTS) is 1. The molecule has 0 unspecified atom stereocenters. The summed E-state index contributed by atoms with van der Waals surface area (Å²) in [5.74, 6) is -2.27. The Kier molecular flexibility index (Phi) is 9.49. The van der Waals surface area contributed by atoms with Gasteiger partial charge in [0.2, 0.25) is 5.88 Å². The van der Waals surface area contributed by atoms with Crippen molar-refractivity contribution in [2.45, 2.75) is 71.3 Å². The van der Waals surface area contributed by atoms with E-state index in [1.165, 1.54) is 18.5 Å². The third-order valence-electron chi connectivity index (χ3n) is 5.60. The summed E-state index contributed by atoms with van der Waals surface area (Å²) >= 11 is 0. The Bertz CT molecular complexity index is 1420. The van der Waals surface area contributed by atoms with Gasteiger partial charge in [-0.2, -0.15) is 5.26 Å². The highest BCUT2D eigenvalue weighted by atomic mass is 28.3. The molecule has 11 nitrogen and oxygen atoms in total. The van der Waals surface area contributed by atoms with Crippen LogP contribution in [0.3, 0.4) is 0 Å². The van der Waals surface area contributed by atoms with Crippen molar-refractivity contribution in [1.82, 2.24) is 19.9 Å². The Morgan fingerprint density at radius 1 is 1.25 bits per heavy atom. The van der Waals surface area contributed by atoms with Gasteiger partial charge < -0.3 is 29.2 Å². The van der Waals surface area contributed by atoms with Gasteiger partial charge in [-0.15, -0.1) is 0 Å². The summed E-state index contributed by atoms with van der Waals surface area (Å²) in [6.07, 6.45) is 1.76. The maximum Gasteiger partial charge on any atom is 0.408 e. The summed E-state index contributed by atoms with van der Waals surface area (Å²) in [6.45, 7) is 12.5. The molecule has 0 fully saturated rings. The van der Waals surface area contributed by atoms with Crippen molar-refractivity contribution in [2.24, 2.45) is 0 Å². The second-order valence-electron chi connectivity index (χ2n) is 11.5. The highest BCUT2D eigenvalue weighted by molar-refractivity contribution is 6.76. The van der Waals surface area contributed by atoms with Crippen LogP contribution in [0.15, 0.2) is 30.7 Å². The number of fused-ring (bicyclic) bond motifs is 1. The van der Waals surface area contributed by atoms with Crippen LogP contribution in [-0.4, -0.2) is 58.0 Å². The van der Waals surface area contributed by atoms with Crippen molar-refractivity contribution < 1.29 is 33.3 Å². The number of halogens is 1. The molecule has 13 heteroatoms. The Balaban J connectivity index is 1.78. The van der Waals surface area contributed by atoms with Crippen LogP contribution in [0.2, 0.25) is 25.7 Å². The number of carbonyl (C=O) groups is 2. The van der Waals surface area contributed by atoms with Crippen molar-refractivity contribution >= 4 is 31.2 Å². The van der Waals surface area contributed by atoms with Gasteiger partial charge in [-0.1, -0.05) is 25.7 Å². The molecule has 214 valence electrons. The van der Waals surface area contributed by atoms with Crippen molar-refractivity contribution in [3.8, 4) is 17.7 Å². The SMILES string of the molecule is CC(C)(C)OC(=O)N[C@@H](Cc1ccc(Oc2ncnc3c2c(C#N)cn3COCC[Si](C)(C)C)c(F)c1)C(=O)O. The molecule has 1 amide bonds. The average molecular weight is 572 g/mol. The van der Waals surface area contributed by atoms with E-state index in [1.54, 1.807) is 31.5 Å². The summed E-state index contributed by atoms with van der Waals surface area (Å²) in [7, 11) is -1.26. The van der Waals surface area contributed by atoms with Gasteiger partial charge in [0.1, 0.15) is 30.8 Å². The van der Waals surface area contributed by atoms with Gasteiger partial charge in [-0.05, 0) is 44.5 Å². The maximum atomic E-state index is 15.0. The van der Waals surface area contributed by atoms with E-state index in [2.05, 4.69) is 41.0 Å². The fourth-order valence-corrected chi connectivity index (χ4v) is 4.40. The minimum absolute atomic E-state index is 0.0101. The molecule has 40 heavy (non-hydrogen) atoms. The van der Waals surface area contributed by atoms with Gasteiger partial charge in [0.05, 0.1) is 10.9 Å². The van der Waals surface area contributed by atoms with E-state index in [-0.39, 0.29) is 30.3 Å². The van der Waals surface area contributed by atoms with Crippen LogP contribution in [0.1, 0.15) is 31.9 Å². The third kappa shape index (κ3) is 8.49. The molecule has 0 spiro atoms. The number of nitrogens with one attached hydrogen (secondary N) is 1. The second-order valence-corrected chi connectivity index (χ2v) is 17.1. The van der Waals surface area contributed by atoms with Crippen molar-refractivity contribution in [3.63, 3.8) is 0 Å². The Morgan fingerprint density at radius 2 is 1.98 bits per heavy atom. The van der Waals surface area contributed by atoms with Gasteiger partial charge in [0.15, 0.2) is 17.2 Å². The molecule has 2 N–H and O–H groups in total. The fourth-order valence-electron chi connectivity index (χ4n) is 3.64. The Labute approximate surface area is 232 Å². The summed E-state index contributed by atoms with van der Waals surface area (Å²) < 4.78 is 33.4. The molecule has 3 aromatic rings. The van der Waals surface area contributed by atoms with E-state index in [4.69, 9.17) is 14.2 Å². The molecule has 0 aliphatic heterocycles. The number of nitriles is 1. The van der Waals surface area contributed by atoms with Crippen molar-refractivity contribution in [3.05, 3.63) is 47.7 Å². The Hall–Kier alpha value is -4.02. The number of alkyl carbamates (subject to hydrolysis) is 1. The van der Waals surface area contributed by atoms with Crippen LogP contribution in [-0.2, 0) is 27.4 Å². The summed E-state index contributed by atoms with van der Waals surface area (Å²) in [5.41, 5.74) is 0.149. The van der Waals surface area contributed by atoms with Crippen LogP contribution in [0, 0.1) is 17.1 Å². The fraction of sp³-hybridized carbons (Fsp3) is 0.444. The zero-order valence-corrected chi connectivity index (χ0v) is 24.4. The molecular weight excluding hydrogens is 537 g/mol. The van der Waals surface area contributed by atoms with Crippen LogP contribution < -0.4 is 10.1 Å². The van der Waals surface area contributed by atoms with E-state index in [1.807, 2.05) is 0 Å². The summed E-state index contributed by atoms with van der Waals surface area (Å²) in [6, 6.07) is 5.66. The molecule has 2 heterocycles. The van der Waals surface area contributed by atoms with Gasteiger partial charge in [-0.25, -0.2) is 23.9 Å². The molecule has 0 saturated heterocycles. The molecule has 1 aromatic carbocycles. The van der Waals surface area contributed by atoms with E-state index in [9.17, 15) is 20.0 Å². The molecule has 2 aromatic heterocycles. The number of carbonyl (C=O) groups excluding carboxylic acids is 1. The zero-order chi connectivity index (χ0) is 29.7. The van der Waals surface area contributed by atoms with Crippen LogP contribution in [0.4, 0.5) is 9.18 Å². The third-order valence-corrected chi connectivity index (χ3v) is 7.30. The topological polar surface area (TPSA) is 149 Å². The number of hydrogen-bond acceptors (Lipinski definition) is 8. The van der Waals surface area contributed by atoms with E-state index < -0.39 is 37.6 Å². The average Bonchev–Trinajstić information content (AvgIpc) is 3.20. The predicted molar refractivity (Wildman–Crippen MR) is 147 cm³/mol. The van der Waals surface area contributed by atoms with Crippen LogP contribution >= 0.6 is 0 Å². The standard InChI is InChI=1S/C27H34FN5O6Si/c1-27(2,3)39-26(36)32-20(25(34)35)12-17-7-8-21(19(28)11-17)38-24-22-18(13-29)14-33(23(22)30-15-31-24)16-37-9-10-40(4,5)6/h7-8,11,14-15,20H,9-10,12,16H2,1-6H3,(H,32,36)(H,34,35)/t20-/m0/s1. The second kappa shape index (κ2) is 12.4. The van der Waals surface area contributed by atoms with Gasteiger partial charge in [0.25, 0.3) is 0 Å². The molecule has 0 radical (unpaired) electrons. The predicted octanol–water partition coefficient (Wildman–Crippen LogP) is 5.07. The smallest absolute Gasteiger partial charge is 0.408 e. The first-order valence-electron chi connectivity index (χ1n) is 12.7.